The fraction of sp³-hybridized carbons (Fsp3) is 0.200. The maximum atomic E-state index is 3.60. The molecule has 0 aromatic heterocycles. The maximum absolute atomic E-state index is 3.60. The average Bonchev–Trinajstić information content (AvgIpc) is 2.33. The minimum absolute atomic E-state index is 0.277. The topological polar surface area (TPSA) is 12.0 Å². The zero-order valence-electron chi connectivity index (χ0n) is 10.4. The van der Waals surface area contributed by atoms with E-state index in [0.717, 1.165) is 4.47 Å². The van der Waals surface area contributed by atoms with Gasteiger partial charge in [-0.2, -0.15) is 0 Å². The number of hydrogen-bond donors (Lipinski definition) is 1. The van der Waals surface area contributed by atoms with Crippen molar-refractivity contribution in [3.05, 3.63) is 61.6 Å². The predicted molar refractivity (Wildman–Crippen MR) is 90.1 cm³/mol. The highest BCUT2D eigenvalue weighted by molar-refractivity contribution is 14.1. The minimum Gasteiger partial charge on any atom is -0.378 e. The van der Waals surface area contributed by atoms with Crippen LogP contribution in [-0.4, -0.2) is 0 Å². The molecule has 1 unspecified atom stereocenters. The van der Waals surface area contributed by atoms with Crippen LogP contribution >= 0.6 is 38.5 Å². The molecule has 0 aliphatic heterocycles. The Kier molecular flexibility index (Phi) is 4.67. The normalized spacial score (nSPS) is 12.2. The van der Waals surface area contributed by atoms with Gasteiger partial charge in [-0.15, -0.1) is 0 Å². The lowest BCUT2D eigenvalue weighted by Gasteiger charge is -2.18. The SMILES string of the molecule is Cc1cc(I)ccc1NC(C)c1ccccc1Br. The van der Waals surface area contributed by atoms with Crippen LogP contribution in [0.1, 0.15) is 24.1 Å². The molecule has 2 rings (SSSR count). The van der Waals surface area contributed by atoms with Crippen molar-refractivity contribution in [2.45, 2.75) is 19.9 Å². The molecule has 0 bridgehead atoms. The molecule has 1 N–H and O–H groups in total. The lowest BCUT2D eigenvalue weighted by atomic mass is 10.1. The number of anilines is 1. The van der Waals surface area contributed by atoms with Gasteiger partial charge in [0.1, 0.15) is 0 Å². The molecule has 0 heterocycles. The molecule has 3 heteroatoms. The average molecular weight is 416 g/mol. The van der Waals surface area contributed by atoms with Crippen LogP contribution in [0.5, 0.6) is 0 Å². The van der Waals surface area contributed by atoms with Gasteiger partial charge >= 0.3 is 0 Å². The van der Waals surface area contributed by atoms with Crippen molar-refractivity contribution < 1.29 is 0 Å². The van der Waals surface area contributed by atoms with E-state index in [9.17, 15) is 0 Å². The van der Waals surface area contributed by atoms with Gasteiger partial charge in [-0.05, 0) is 71.8 Å². The molecule has 1 atom stereocenters. The maximum Gasteiger partial charge on any atom is 0.0496 e. The first-order chi connectivity index (χ1) is 8.58. The van der Waals surface area contributed by atoms with Gasteiger partial charge in [0.25, 0.3) is 0 Å². The van der Waals surface area contributed by atoms with Crippen molar-refractivity contribution in [1.29, 1.82) is 0 Å². The molecule has 0 saturated heterocycles. The highest BCUT2D eigenvalue weighted by Crippen LogP contribution is 2.27. The molecular formula is C15H15BrIN. The van der Waals surface area contributed by atoms with Gasteiger partial charge in [-0.3, -0.25) is 0 Å². The van der Waals surface area contributed by atoms with Gasteiger partial charge in [-0.25, -0.2) is 0 Å². The summed E-state index contributed by atoms with van der Waals surface area (Å²) < 4.78 is 2.41. The molecule has 94 valence electrons. The van der Waals surface area contributed by atoms with Gasteiger partial charge in [-0.1, -0.05) is 34.1 Å². The predicted octanol–water partition coefficient (Wildman–Crippen LogP) is 5.54. The number of halogens is 2. The summed E-state index contributed by atoms with van der Waals surface area (Å²) in [6, 6.07) is 15.1. The third-order valence-electron chi connectivity index (χ3n) is 2.93. The second-order valence-electron chi connectivity index (χ2n) is 4.35. The molecule has 0 radical (unpaired) electrons. The lowest BCUT2D eigenvalue weighted by Crippen LogP contribution is -2.08. The second-order valence-corrected chi connectivity index (χ2v) is 6.45. The Bertz CT molecular complexity index is 554. The molecule has 0 fully saturated rings. The van der Waals surface area contributed by atoms with E-state index in [4.69, 9.17) is 0 Å². The number of aryl methyl sites for hydroxylation is 1. The Labute approximate surface area is 130 Å². The standard InChI is InChI=1S/C15H15BrIN/c1-10-9-12(17)7-8-15(10)18-11(2)13-5-3-4-6-14(13)16/h3-9,11,18H,1-2H3. The van der Waals surface area contributed by atoms with Crippen molar-refractivity contribution in [3.63, 3.8) is 0 Å². The molecule has 2 aromatic rings. The van der Waals surface area contributed by atoms with E-state index in [1.54, 1.807) is 0 Å². The molecule has 0 saturated carbocycles. The highest BCUT2D eigenvalue weighted by atomic mass is 127. The lowest BCUT2D eigenvalue weighted by molar-refractivity contribution is 0.876. The minimum atomic E-state index is 0.277. The van der Waals surface area contributed by atoms with E-state index in [0.29, 0.717) is 0 Å². The zero-order chi connectivity index (χ0) is 13.1. The summed E-state index contributed by atoms with van der Waals surface area (Å²) in [5.41, 5.74) is 3.75. The van der Waals surface area contributed by atoms with Crippen LogP contribution < -0.4 is 5.32 Å². The number of benzene rings is 2. The molecule has 0 aliphatic rings. The van der Waals surface area contributed by atoms with Crippen LogP contribution in [0, 0.1) is 10.5 Å². The number of nitrogens with one attached hydrogen (secondary N) is 1. The summed E-state index contributed by atoms with van der Waals surface area (Å²) in [5, 5.41) is 3.56. The summed E-state index contributed by atoms with van der Waals surface area (Å²) >= 11 is 5.94. The third-order valence-corrected chi connectivity index (χ3v) is 4.33. The summed E-state index contributed by atoms with van der Waals surface area (Å²) in [6.07, 6.45) is 0. The van der Waals surface area contributed by atoms with Crippen molar-refractivity contribution >= 4 is 44.2 Å². The summed E-state index contributed by atoms with van der Waals surface area (Å²) in [6.45, 7) is 4.31. The Morgan fingerprint density at radius 2 is 1.89 bits per heavy atom. The molecule has 0 aliphatic carbocycles. The monoisotopic (exact) mass is 415 g/mol. The van der Waals surface area contributed by atoms with E-state index in [-0.39, 0.29) is 6.04 Å². The highest BCUT2D eigenvalue weighted by Gasteiger charge is 2.09. The molecule has 18 heavy (non-hydrogen) atoms. The molecular weight excluding hydrogens is 401 g/mol. The first kappa shape index (κ1) is 13.9. The first-order valence-electron chi connectivity index (χ1n) is 5.85. The van der Waals surface area contributed by atoms with Crippen LogP contribution in [0.3, 0.4) is 0 Å². The van der Waals surface area contributed by atoms with E-state index in [1.807, 2.05) is 6.07 Å². The Morgan fingerprint density at radius 3 is 2.56 bits per heavy atom. The quantitative estimate of drug-likeness (QED) is 0.649. The van der Waals surface area contributed by atoms with E-state index < -0.39 is 0 Å². The summed E-state index contributed by atoms with van der Waals surface area (Å²) in [7, 11) is 0. The second kappa shape index (κ2) is 6.06. The molecule has 2 aromatic carbocycles. The first-order valence-corrected chi connectivity index (χ1v) is 7.72. The fourth-order valence-corrected chi connectivity index (χ4v) is 3.20. The van der Waals surface area contributed by atoms with Crippen molar-refractivity contribution in [2.75, 3.05) is 5.32 Å². The summed E-state index contributed by atoms with van der Waals surface area (Å²) in [4.78, 5) is 0. The summed E-state index contributed by atoms with van der Waals surface area (Å²) in [5.74, 6) is 0. The van der Waals surface area contributed by atoms with E-state index in [1.165, 1.54) is 20.4 Å². The molecule has 0 spiro atoms. The van der Waals surface area contributed by atoms with Gasteiger partial charge in [0.05, 0.1) is 0 Å². The Balaban J connectivity index is 2.21. The van der Waals surface area contributed by atoms with Crippen LogP contribution in [-0.2, 0) is 0 Å². The zero-order valence-corrected chi connectivity index (χ0v) is 14.1. The third kappa shape index (κ3) is 3.26. The van der Waals surface area contributed by atoms with Gasteiger partial charge in [0.15, 0.2) is 0 Å². The van der Waals surface area contributed by atoms with Crippen molar-refractivity contribution in [1.82, 2.24) is 0 Å². The van der Waals surface area contributed by atoms with Gasteiger partial charge in [0, 0.05) is 19.8 Å². The van der Waals surface area contributed by atoms with Crippen molar-refractivity contribution in [3.8, 4) is 0 Å². The largest absolute Gasteiger partial charge is 0.378 e. The molecule has 0 amide bonds. The van der Waals surface area contributed by atoms with E-state index in [2.05, 4.69) is 94.1 Å². The Hall–Kier alpha value is -0.550. The number of hydrogen-bond acceptors (Lipinski definition) is 1. The van der Waals surface area contributed by atoms with Gasteiger partial charge < -0.3 is 5.32 Å². The van der Waals surface area contributed by atoms with E-state index >= 15 is 0 Å². The van der Waals surface area contributed by atoms with Crippen LogP contribution in [0.2, 0.25) is 0 Å². The number of rotatable bonds is 3. The Morgan fingerprint density at radius 1 is 1.17 bits per heavy atom. The van der Waals surface area contributed by atoms with Gasteiger partial charge in [0.2, 0.25) is 0 Å². The molecule has 1 nitrogen and oxygen atoms in total. The van der Waals surface area contributed by atoms with Crippen molar-refractivity contribution in [2.24, 2.45) is 0 Å². The van der Waals surface area contributed by atoms with Crippen LogP contribution in [0.15, 0.2) is 46.9 Å². The van der Waals surface area contributed by atoms with Crippen LogP contribution in [0.4, 0.5) is 5.69 Å². The fourth-order valence-electron chi connectivity index (χ4n) is 1.93. The smallest absolute Gasteiger partial charge is 0.0496 e. The van der Waals surface area contributed by atoms with Crippen LogP contribution in [0.25, 0.3) is 0 Å².